The summed E-state index contributed by atoms with van der Waals surface area (Å²) in [6.45, 7) is 0.432. The molecule has 0 saturated heterocycles. The minimum absolute atomic E-state index is 0.0684. The van der Waals surface area contributed by atoms with E-state index in [2.05, 4.69) is 10.5 Å². The lowest BCUT2D eigenvalue weighted by molar-refractivity contribution is -0.143. The molecule has 1 amide bonds. The zero-order valence-electron chi connectivity index (χ0n) is 13.9. The number of benzene rings is 1. The number of hydrogen-bond acceptors (Lipinski definition) is 7. The maximum absolute atomic E-state index is 11.6. The van der Waals surface area contributed by atoms with E-state index in [9.17, 15) is 9.59 Å². The van der Waals surface area contributed by atoms with Crippen LogP contribution >= 0.6 is 0 Å². The van der Waals surface area contributed by atoms with Gasteiger partial charge in [-0.2, -0.15) is 0 Å². The molecule has 0 atom stereocenters. The van der Waals surface area contributed by atoms with Crippen LogP contribution in [0.2, 0.25) is 0 Å². The number of carbonyl (C=O) groups excluding carboxylic acids is 2. The first-order valence-electron chi connectivity index (χ1n) is 7.77. The molecule has 0 fully saturated rings. The van der Waals surface area contributed by atoms with Crippen molar-refractivity contribution in [3.63, 3.8) is 0 Å². The number of nitrogens with one attached hydrogen (secondary N) is 1. The van der Waals surface area contributed by atoms with Crippen molar-refractivity contribution in [2.45, 2.75) is 19.4 Å². The molecule has 134 valence electrons. The molecular formula is C17H20N2O6. The summed E-state index contributed by atoms with van der Waals surface area (Å²) in [6, 6.07) is 10.9. The molecule has 0 spiro atoms. The summed E-state index contributed by atoms with van der Waals surface area (Å²) in [5.41, 5.74) is 0.896. The molecule has 1 aromatic carbocycles. The molecule has 0 aliphatic rings. The van der Waals surface area contributed by atoms with Crippen LogP contribution in [0.25, 0.3) is 0 Å². The highest BCUT2D eigenvalue weighted by molar-refractivity contribution is 5.70. The Balaban J connectivity index is 1.52. The SMILES string of the molecule is COc1cc(CCC(=O)OCCNC(=O)OCc2ccccc2)on1. The van der Waals surface area contributed by atoms with Crippen molar-refractivity contribution in [1.82, 2.24) is 10.5 Å². The lowest BCUT2D eigenvalue weighted by atomic mass is 10.2. The first-order chi connectivity index (χ1) is 12.2. The van der Waals surface area contributed by atoms with Gasteiger partial charge in [0, 0.05) is 12.5 Å². The number of nitrogens with zero attached hydrogens (tertiary/aromatic N) is 1. The molecule has 0 radical (unpaired) electrons. The summed E-state index contributed by atoms with van der Waals surface area (Å²) in [5, 5.41) is 6.15. The number of esters is 1. The first-order valence-corrected chi connectivity index (χ1v) is 7.77. The Labute approximate surface area is 145 Å². The van der Waals surface area contributed by atoms with Gasteiger partial charge in [-0.25, -0.2) is 4.79 Å². The first kappa shape index (κ1) is 18.3. The van der Waals surface area contributed by atoms with Crippen LogP contribution in [-0.2, 0) is 27.3 Å². The monoisotopic (exact) mass is 348 g/mol. The molecule has 0 bridgehead atoms. The topological polar surface area (TPSA) is 99.9 Å². The minimum atomic E-state index is -0.561. The molecule has 2 rings (SSSR count). The summed E-state index contributed by atoms with van der Waals surface area (Å²) in [6.07, 6.45) is -0.0490. The van der Waals surface area contributed by atoms with Gasteiger partial charge in [0.15, 0.2) is 0 Å². The summed E-state index contributed by atoms with van der Waals surface area (Å²) >= 11 is 0. The number of aromatic nitrogens is 1. The van der Waals surface area contributed by atoms with Crippen molar-refractivity contribution in [2.24, 2.45) is 0 Å². The van der Waals surface area contributed by atoms with E-state index >= 15 is 0 Å². The van der Waals surface area contributed by atoms with Crippen LogP contribution in [0.15, 0.2) is 40.9 Å². The van der Waals surface area contributed by atoms with E-state index in [-0.39, 0.29) is 26.2 Å². The number of amides is 1. The number of carbonyl (C=O) groups is 2. The second-order valence-electron chi connectivity index (χ2n) is 5.04. The fourth-order valence-electron chi connectivity index (χ4n) is 1.90. The van der Waals surface area contributed by atoms with Crippen molar-refractivity contribution < 1.29 is 28.3 Å². The molecule has 0 aliphatic carbocycles. The van der Waals surface area contributed by atoms with Crippen molar-refractivity contribution in [1.29, 1.82) is 0 Å². The fourth-order valence-corrected chi connectivity index (χ4v) is 1.90. The van der Waals surface area contributed by atoms with Gasteiger partial charge in [0.2, 0.25) is 0 Å². The molecule has 8 heteroatoms. The van der Waals surface area contributed by atoms with Crippen molar-refractivity contribution in [3.05, 3.63) is 47.7 Å². The van der Waals surface area contributed by atoms with Crippen molar-refractivity contribution >= 4 is 12.1 Å². The summed E-state index contributed by atoms with van der Waals surface area (Å²) < 4.78 is 19.9. The van der Waals surface area contributed by atoms with E-state index < -0.39 is 12.1 Å². The number of methoxy groups -OCH3 is 1. The molecular weight excluding hydrogens is 328 g/mol. The second kappa shape index (κ2) is 9.96. The Kier molecular flexibility index (Phi) is 7.30. The Morgan fingerprint density at radius 2 is 2.00 bits per heavy atom. The highest BCUT2D eigenvalue weighted by atomic mass is 16.6. The van der Waals surface area contributed by atoms with Crippen LogP contribution in [0.4, 0.5) is 4.79 Å². The third-order valence-corrected chi connectivity index (χ3v) is 3.17. The van der Waals surface area contributed by atoms with E-state index in [1.165, 1.54) is 7.11 Å². The molecule has 25 heavy (non-hydrogen) atoms. The molecule has 0 saturated carbocycles. The standard InChI is InChI=1S/C17H20N2O6/c1-22-15-11-14(25-19-15)7-8-16(20)23-10-9-18-17(21)24-12-13-5-3-2-4-6-13/h2-6,11H,7-10,12H2,1H3,(H,18,21). The summed E-state index contributed by atoms with van der Waals surface area (Å²) in [4.78, 5) is 23.1. The highest BCUT2D eigenvalue weighted by Gasteiger charge is 2.09. The van der Waals surface area contributed by atoms with E-state index in [1.54, 1.807) is 6.07 Å². The molecule has 0 aliphatic heterocycles. The highest BCUT2D eigenvalue weighted by Crippen LogP contribution is 2.12. The third kappa shape index (κ3) is 6.94. The van der Waals surface area contributed by atoms with Gasteiger partial charge in [-0.15, -0.1) is 0 Å². The molecule has 1 N–H and O–H groups in total. The van der Waals surface area contributed by atoms with Gasteiger partial charge in [-0.3, -0.25) is 4.79 Å². The maximum Gasteiger partial charge on any atom is 0.407 e. The van der Waals surface area contributed by atoms with Crippen LogP contribution < -0.4 is 10.1 Å². The Bertz CT molecular complexity index is 671. The van der Waals surface area contributed by atoms with Crippen LogP contribution in [0, 0.1) is 0 Å². The van der Waals surface area contributed by atoms with E-state index in [0.717, 1.165) is 5.56 Å². The Hall–Kier alpha value is -3.03. The second-order valence-corrected chi connectivity index (χ2v) is 5.04. The normalized spacial score (nSPS) is 10.1. The Morgan fingerprint density at radius 3 is 2.72 bits per heavy atom. The third-order valence-electron chi connectivity index (χ3n) is 3.17. The van der Waals surface area contributed by atoms with Crippen LogP contribution in [0.1, 0.15) is 17.7 Å². The lowest BCUT2D eigenvalue weighted by Gasteiger charge is -2.07. The van der Waals surface area contributed by atoms with E-state index in [4.69, 9.17) is 18.7 Å². The quantitative estimate of drug-likeness (QED) is 0.547. The number of ether oxygens (including phenoxy) is 3. The van der Waals surface area contributed by atoms with Crippen LogP contribution in [0.3, 0.4) is 0 Å². The zero-order valence-corrected chi connectivity index (χ0v) is 13.9. The predicted molar refractivity (Wildman–Crippen MR) is 87.0 cm³/mol. The average Bonchev–Trinajstić information content (AvgIpc) is 3.11. The van der Waals surface area contributed by atoms with Gasteiger partial charge in [-0.05, 0) is 10.7 Å². The number of alkyl carbamates (subject to hydrolysis) is 1. The predicted octanol–water partition coefficient (Wildman–Crippen LogP) is 2.09. The van der Waals surface area contributed by atoms with Crippen molar-refractivity contribution in [3.8, 4) is 5.88 Å². The zero-order chi connectivity index (χ0) is 17.9. The largest absolute Gasteiger partial charge is 0.479 e. The fraction of sp³-hybridized carbons (Fsp3) is 0.353. The molecule has 1 heterocycles. The summed E-state index contributed by atoms with van der Waals surface area (Å²) in [5.74, 6) is 0.507. The van der Waals surface area contributed by atoms with Gasteiger partial charge < -0.3 is 24.1 Å². The lowest BCUT2D eigenvalue weighted by Crippen LogP contribution is -2.28. The smallest absolute Gasteiger partial charge is 0.407 e. The summed E-state index contributed by atoms with van der Waals surface area (Å²) in [7, 11) is 1.48. The average molecular weight is 348 g/mol. The Morgan fingerprint density at radius 1 is 1.20 bits per heavy atom. The number of aryl methyl sites for hydroxylation is 1. The van der Waals surface area contributed by atoms with E-state index in [0.29, 0.717) is 18.1 Å². The van der Waals surface area contributed by atoms with Crippen molar-refractivity contribution in [2.75, 3.05) is 20.3 Å². The molecule has 8 nitrogen and oxygen atoms in total. The van der Waals surface area contributed by atoms with Crippen LogP contribution in [-0.4, -0.2) is 37.5 Å². The minimum Gasteiger partial charge on any atom is -0.479 e. The van der Waals surface area contributed by atoms with E-state index in [1.807, 2.05) is 30.3 Å². The van der Waals surface area contributed by atoms with Gasteiger partial charge in [0.25, 0.3) is 5.88 Å². The molecule has 2 aromatic rings. The number of rotatable bonds is 9. The molecule has 0 unspecified atom stereocenters. The van der Waals surface area contributed by atoms with Gasteiger partial charge in [0.1, 0.15) is 19.0 Å². The maximum atomic E-state index is 11.6. The molecule has 1 aromatic heterocycles. The number of hydrogen-bond donors (Lipinski definition) is 1. The van der Waals surface area contributed by atoms with Gasteiger partial charge in [-0.1, -0.05) is 30.3 Å². The van der Waals surface area contributed by atoms with Gasteiger partial charge >= 0.3 is 12.1 Å². The van der Waals surface area contributed by atoms with Gasteiger partial charge in [0.05, 0.1) is 20.1 Å². The van der Waals surface area contributed by atoms with Crippen LogP contribution in [0.5, 0.6) is 5.88 Å².